The molecule has 0 aromatic heterocycles. The number of rotatable bonds is 4. The van der Waals surface area contributed by atoms with Gasteiger partial charge in [0.1, 0.15) is 0 Å². The van der Waals surface area contributed by atoms with Crippen LogP contribution >= 0.6 is 0 Å². The third-order valence-electron chi connectivity index (χ3n) is 5.72. The van der Waals surface area contributed by atoms with Crippen LogP contribution in [-0.2, 0) is 6.42 Å². The third kappa shape index (κ3) is 3.28. The first-order valence-electron chi connectivity index (χ1n) is 10.1. The SMILES string of the molecule is O=C(O)c1ccccc1-c1ccccc1C(=O)Nc1cccc2c1Cc1ccccc1-2. The molecule has 0 saturated heterocycles. The van der Waals surface area contributed by atoms with Crippen LogP contribution in [0.1, 0.15) is 31.8 Å². The lowest BCUT2D eigenvalue weighted by atomic mass is 9.95. The molecule has 0 saturated carbocycles. The standard InChI is InChI=1S/C27H19NO3/c29-26(22-12-5-3-10-20(22)21-11-4-6-13-23(21)27(30)31)28-25-15-7-14-19-18-9-2-1-8-17(18)16-24(19)25/h1-15H,16H2,(H,28,29)(H,30,31). The van der Waals surface area contributed by atoms with Crippen LogP contribution in [0, 0.1) is 0 Å². The molecule has 4 aromatic carbocycles. The number of amides is 1. The fourth-order valence-electron chi connectivity index (χ4n) is 4.28. The Kier molecular flexibility index (Phi) is 4.60. The number of carbonyl (C=O) groups excluding carboxylic acids is 1. The van der Waals surface area contributed by atoms with Gasteiger partial charge in [0.05, 0.1) is 5.56 Å². The van der Waals surface area contributed by atoms with E-state index in [4.69, 9.17) is 0 Å². The minimum atomic E-state index is -1.02. The second-order valence-corrected chi connectivity index (χ2v) is 7.52. The van der Waals surface area contributed by atoms with Gasteiger partial charge in [-0.15, -0.1) is 0 Å². The van der Waals surface area contributed by atoms with Crippen molar-refractivity contribution in [1.29, 1.82) is 0 Å². The highest BCUT2D eigenvalue weighted by Crippen LogP contribution is 2.40. The van der Waals surface area contributed by atoms with Crippen molar-refractivity contribution in [3.05, 3.63) is 113 Å². The van der Waals surface area contributed by atoms with E-state index < -0.39 is 5.97 Å². The van der Waals surface area contributed by atoms with Crippen molar-refractivity contribution >= 4 is 17.6 Å². The van der Waals surface area contributed by atoms with Crippen LogP contribution in [0.2, 0.25) is 0 Å². The topological polar surface area (TPSA) is 66.4 Å². The summed E-state index contributed by atoms with van der Waals surface area (Å²) < 4.78 is 0. The average molecular weight is 405 g/mol. The fourth-order valence-corrected chi connectivity index (χ4v) is 4.28. The van der Waals surface area contributed by atoms with E-state index in [9.17, 15) is 14.7 Å². The van der Waals surface area contributed by atoms with E-state index in [0.717, 1.165) is 23.2 Å². The van der Waals surface area contributed by atoms with E-state index in [0.29, 0.717) is 16.7 Å². The molecule has 4 aromatic rings. The van der Waals surface area contributed by atoms with Crippen molar-refractivity contribution in [2.24, 2.45) is 0 Å². The molecule has 0 atom stereocenters. The summed E-state index contributed by atoms with van der Waals surface area (Å²) in [7, 11) is 0. The molecular weight excluding hydrogens is 386 g/mol. The molecule has 0 aliphatic heterocycles. The van der Waals surface area contributed by atoms with Crippen molar-refractivity contribution in [3.8, 4) is 22.3 Å². The molecule has 5 rings (SSSR count). The van der Waals surface area contributed by atoms with Crippen molar-refractivity contribution in [2.45, 2.75) is 6.42 Å². The van der Waals surface area contributed by atoms with E-state index in [1.54, 1.807) is 42.5 Å². The number of fused-ring (bicyclic) bond motifs is 3. The van der Waals surface area contributed by atoms with Gasteiger partial charge < -0.3 is 10.4 Å². The summed E-state index contributed by atoms with van der Waals surface area (Å²) in [5.41, 5.74) is 7.17. The number of hydrogen-bond acceptors (Lipinski definition) is 2. The maximum Gasteiger partial charge on any atom is 0.336 e. The lowest BCUT2D eigenvalue weighted by molar-refractivity contribution is 0.0697. The molecule has 1 amide bonds. The van der Waals surface area contributed by atoms with Gasteiger partial charge in [-0.1, -0.05) is 72.8 Å². The highest BCUT2D eigenvalue weighted by Gasteiger charge is 2.23. The third-order valence-corrected chi connectivity index (χ3v) is 5.72. The van der Waals surface area contributed by atoms with Gasteiger partial charge in [-0.2, -0.15) is 0 Å². The Balaban J connectivity index is 1.53. The summed E-state index contributed by atoms with van der Waals surface area (Å²) in [6, 6.07) is 28.0. The number of benzene rings is 4. The Hall–Kier alpha value is -4.18. The molecular formula is C27H19NO3. The first kappa shape index (κ1) is 18.8. The van der Waals surface area contributed by atoms with Crippen molar-refractivity contribution in [3.63, 3.8) is 0 Å². The quantitative estimate of drug-likeness (QED) is 0.393. The van der Waals surface area contributed by atoms with E-state index in [2.05, 4.69) is 23.5 Å². The highest BCUT2D eigenvalue weighted by atomic mass is 16.4. The second kappa shape index (κ2) is 7.58. The van der Waals surface area contributed by atoms with Crippen LogP contribution in [0.15, 0.2) is 91.0 Å². The minimum Gasteiger partial charge on any atom is -0.478 e. The Morgan fingerprint density at radius 2 is 1.23 bits per heavy atom. The summed E-state index contributed by atoms with van der Waals surface area (Å²) in [5, 5.41) is 12.6. The highest BCUT2D eigenvalue weighted by molar-refractivity contribution is 6.11. The van der Waals surface area contributed by atoms with E-state index in [-0.39, 0.29) is 11.5 Å². The monoisotopic (exact) mass is 405 g/mol. The zero-order valence-corrected chi connectivity index (χ0v) is 16.6. The van der Waals surface area contributed by atoms with Crippen LogP contribution in [-0.4, -0.2) is 17.0 Å². The van der Waals surface area contributed by atoms with Gasteiger partial charge in [-0.05, 0) is 51.6 Å². The maximum absolute atomic E-state index is 13.3. The van der Waals surface area contributed by atoms with Crippen molar-refractivity contribution < 1.29 is 14.7 Å². The molecule has 2 N–H and O–H groups in total. The molecule has 0 spiro atoms. The van der Waals surface area contributed by atoms with Crippen LogP contribution in [0.4, 0.5) is 5.69 Å². The number of aromatic carboxylic acids is 1. The van der Waals surface area contributed by atoms with Gasteiger partial charge in [-0.25, -0.2) is 4.79 Å². The molecule has 150 valence electrons. The first-order chi connectivity index (χ1) is 15.1. The van der Waals surface area contributed by atoms with Gasteiger partial charge >= 0.3 is 5.97 Å². The Labute approximate surface area is 179 Å². The lowest BCUT2D eigenvalue weighted by Gasteiger charge is -2.14. The lowest BCUT2D eigenvalue weighted by Crippen LogP contribution is -2.15. The summed E-state index contributed by atoms with van der Waals surface area (Å²) in [6.07, 6.45) is 0.769. The Bertz CT molecular complexity index is 1340. The maximum atomic E-state index is 13.3. The predicted octanol–water partition coefficient (Wildman–Crippen LogP) is 5.88. The minimum absolute atomic E-state index is 0.166. The zero-order chi connectivity index (χ0) is 21.4. The first-order valence-corrected chi connectivity index (χ1v) is 10.1. The normalized spacial score (nSPS) is 11.5. The number of anilines is 1. The molecule has 1 aliphatic carbocycles. The van der Waals surface area contributed by atoms with E-state index in [1.807, 2.05) is 30.3 Å². The molecule has 0 bridgehead atoms. The van der Waals surface area contributed by atoms with Crippen LogP contribution < -0.4 is 5.32 Å². The molecule has 0 fully saturated rings. The number of carboxylic acids is 1. The van der Waals surface area contributed by atoms with E-state index in [1.165, 1.54) is 11.1 Å². The summed E-state index contributed by atoms with van der Waals surface area (Å²) >= 11 is 0. The molecule has 0 heterocycles. The molecule has 4 nitrogen and oxygen atoms in total. The molecule has 4 heteroatoms. The summed E-state index contributed by atoms with van der Waals surface area (Å²) in [6.45, 7) is 0. The second-order valence-electron chi connectivity index (χ2n) is 7.52. The number of nitrogens with one attached hydrogen (secondary N) is 1. The predicted molar refractivity (Wildman–Crippen MR) is 121 cm³/mol. The van der Waals surface area contributed by atoms with E-state index >= 15 is 0 Å². The van der Waals surface area contributed by atoms with Gasteiger partial charge in [0.2, 0.25) is 0 Å². The van der Waals surface area contributed by atoms with Gasteiger partial charge in [0.25, 0.3) is 5.91 Å². The zero-order valence-electron chi connectivity index (χ0n) is 16.6. The smallest absolute Gasteiger partial charge is 0.336 e. The number of carbonyl (C=O) groups is 2. The number of hydrogen-bond donors (Lipinski definition) is 2. The Morgan fingerprint density at radius 1 is 0.645 bits per heavy atom. The van der Waals surface area contributed by atoms with Gasteiger partial charge in [0.15, 0.2) is 0 Å². The molecule has 0 unspecified atom stereocenters. The molecule has 0 radical (unpaired) electrons. The summed E-state index contributed by atoms with van der Waals surface area (Å²) in [5.74, 6) is -1.29. The van der Waals surface area contributed by atoms with Crippen molar-refractivity contribution in [1.82, 2.24) is 0 Å². The van der Waals surface area contributed by atoms with Crippen LogP contribution in [0.25, 0.3) is 22.3 Å². The largest absolute Gasteiger partial charge is 0.478 e. The fraction of sp³-hybridized carbons (Fsp3) is 0.0370. The molecule has 31 heavy (non-hydrogen) atoms. The molecule has 1 aliphatic rings. The van der Waals surface area contributed by atoms with Crippen LogP contribution in [0.5, 0.6) is 0 Å². The summed E-state index contributed by atoms with van der Waals surface area (Å²) in [4.78, 5) is 25.0. The number of carboxylic acid groups (broad SMARTS) is 1. The van der Waals surface area contributed by atoms with Gasteiger partial charge in [0, 0.05) is 17.7 Å². The Morgan fingerprint density at radius 3 is 1.97 bits per heavy atom. The van der Waals surface area contributed by atoms with Gasteiger partial charge in [-0.3, -0.25) is 4.79 Å². The van der Waals surface area contributed by atoms with Crippen LogP contribution in [0.3, 0.4) is 0 Å². The van der Waals surface area contributed by atoms with Crippen molar-refractivity contribution in [2.75, 3.05) is 5.32 Å². The average Bonchev–Trinajstić information content (AvgIpc) is 3.19.